The molecule has 1 fully saturated rings. The number of methoxy groups -OCH3 is 1. The zero-order valence-electron chi connectivity index (χ0n) is 14.3. The van der Waals surface area contributed by atoms with Crippen LogP contribution in [-0.2, 0) is 11.3 Å². The largest absolute Gasteiger partial charge is 0.496 e. The van der Waals surface area contributed by atoms with Crippen LogP contribution in [0.15, 0.2) is 41.3 Å². The van der Waals surface area contributed by atoms with Gasteiger partial charge < -0.3 is 4.74 Å². The number of imide groups is 1. The molecule has 1 saturated heterocycles. The number of nitro benzene ring substituents is 1. The molecule has 2 aromatic carbocycles. The van der Waals surface area contributed by atoms with Gasteiger partial charge in [-0.15, -0.1) is 0 Å². The minimum atomic E-state index is -0.551. The summed E-state index contributed by atoms with van der Waals surface area (Å²) in [5.41, 5.74) is 0.744. The minimum absolute atomic E-state index is 0.00984. The van der Waals surface area contributed by atoms with E-state index in [1.165, 1.54) is 37.5 Å². The topological polar surface area (TPSA) is 89.8 Å². The number of carbonyl (C=O) groups excluding carboxylic acids is 2. The summed E-state index contributed by atoms with van der Waals surface area (Å²) in [5.74, 6) is -0.173. The summed E-state index contributed by atoms with van der Waals surface area (Å²) in [5, 5.41) is 11.3. The van der Waals surface area contributed by atoms with Gasteiger partial charge in [-0.25, -0.2) is 0 Å². The number of nitrogens with zero attached hydrogens (tertiary/aromatic N) is 2. The maximum absolute atomic E-state index is 12.7. The lowest BCUT2D eigenvalue weighted by Gasteiger charge is -2.13. The number of thioether (sulfide) groups is 1. The van der Waals surface area contributed by atoms with Gasteiger partial charge in [0.05, 0.1) is 23.5 Å². The first-order valence-corrected chi connectivity index (χ1v) is 9.39. The Bertz CT molecular complexity index is 1030. The molecule has 0 aromatic heterocycles. The van der Waals surface area contributed by atoms with Crippen molar-refractivity contribution in [2.45, 2.75) is 6.54 Å². The van der Waals surface area contributed by atoms with Crippen LogP contribution in [0.1, 0.15) is 11.1 Å². The van der Waals surface area contributed by atoms with Gasteiger partial charge in [-0.05, 0) is 41.6 Å². The van der Waals surface area contributed by atoms with Crippen molar-refractivity contribution in [3.63, 3.8) is 0 Å². The van der Waals surface area contributed by atoms with Gasteiger partial charge >= 0.3 is 0 Å². The van der Waals surface area contributed by atoms with Gasteiger partial charge in [0, 0.05) is 27.7 Å². The lowest BCUT2D eigenvalue weighted by molar-refractivity contribution is -0.384. The molecular weight excluding hydrogens is 427 g/mol. The zero-order chi connectivity index (χ0) is 20.4. The highest BCUT2D eigenvalue weighted by Crippen LogP contribution is 2.36. The van der Waals surface area contributed by atoms with Gasteiger partial charge in [0.25, 0.3) is 16.8 Å². The summed E-state index contributed by atoms with van der Waals surface area (Å²) in [7, 11) is 1.41. The monoisotopic (exact) mass is 438 g/mol. The molecule has 0 radical (unpaired) electrons. The number of carbonyl (C=O) groups is 2. The van der Waals surface area contributed by atoms with E-state index >= 15 is 0 Å². The van der Waals surface area contributed by atoms with E-state index in [2.05, 4.69) is 0 Å². The third-order valence-corrected chi connectivity index (χ3v) is 5.42. The van der Waals surface area contributed by atoms with Crippen LogP contribution in [0.5, 0.6) is 5.75 Å². The number of rotatable bonds is 5. The summed E-state index contributed by atoms with van der Waals surface area (Å²) in [4.78, 5) is 36.6. The molecule has 1 heterocycles. The number of nitro groups is 1. The van der Waals surface area contributed by atoms with Crippen LogP contribution < -0.4 is 4.74 Å². The van der Waals surface area contributed by atoms with E-state index in [4.69, 9.17) is 27.9 Å². The molecule has 2 amide bonds. The second-order valence-corrected chi connectivity index (χ2v) is 7.52. The molecule has 3 rings (SSSR count). The molecule has 0 spiro atoms. The van der Waals surface area contributed by atoms with Crippen molar-refractivity contribution in [3.8, 4) is 5.75 Å². The lowest BCUT2D eigenvalue weighted by atomic mass is 10.1. The first kappa shape index (κ1) is 20.2. The second-order valence-electron chi connectivity index (χ2n) is 5.69. The number of amides is 2. The van der Waals surface area contributed by atoms with Crippen molar-refractivity contribution in [2.75, 3.05) is 7.11 Å². The van der Waals surface area contributed by atoms with Crippen molar-refractivity contribution in [1.82, 2.24) is 4.90 Å². The van der Waals surface area contributed by atoms with Crippen LogP contribution in [0.4, 0.5) is 10.5 Å². The van der Waals surface area contributed by atoms with E-state index < -0.39 is 16.1 Å². The Balaban J connectivity index is 1.91. The van der Waals surface area contributed by atoms with Gasteiger partial charge in [-0.3, -0.25) is 24.6 Å². The van der Waals surface area contributed by atoms with E-state index in [1.807, 2.05) is 0 Å². The third-order valence-electron chi connectivity index (χ3n) is 3.93. The number of ether oxygens (including phenoxy) is 1. The zero-order valence-corrected chi connectivity index (χ0v) is 16.7. The SMILES string of the molecule is COc1ccc([N+](=O)[O-])cc1/C=C1/SC(=O)N(Cc2ccc(Cl)cc2Cl)C1=O. The Morgan fingerprint density at radius 3 is 2.61 bits per heavy atom. The smallest absolute Gasteiger partial charge is 0.293 e. The molecule has 0 bridgehead atoms. The Morgan fingerprint density at radius 1 is 1.21 bits per heavy atom. The van der Waals surface area contributed by atoms with Crippen molar-refractivity contribution in [2.24, 2.45) is 0 Å². The van der Waals surface area contributed by atoms with Crippen molar-refractivity contribution >= 4 is 57.9 Å². The highest BCUT2D eigenvalue weighted by atomic mass is 35.5. The van der Waals surface area contributed by atoms with Crippen LogP contribution in [-0.4, -0.2) is 28.1 Å². The van der Waals surface area contributed by atoms with Crippen LogP contribution in [0.25, 0.3) is 6.08 Å². The average molecular weight is 439 g/mol. The second kappa shape index (κ2) is 8.22. The quantitative estimate of drug-likeness (QED) is 0.364. The van der Waals surface area contributed by atoms with E-state index in [0.29, 0.717) is 26.9 Å². The fourth-order valence-electron chi connectivity index (χ4n) is 2.55. The van der Waals surface area contributed by atoms with Gasteiger partial charge in [-0.1, -0.05) is 29.3 Å². The first-order valence-electron chi connectivity index (χ1n) is 7.82. The molecule has 1 aliphatic rings. The van der Waals surface area contributed by atoms with Crippen LogP contribution in [0.2, 0.25) is 10.0 Å². The van der Waals surface area contributed by atoms with E-state index in [1.54, 1.807) is 12.1 Å². The lowest BCUT2D eigenvalue weighted by Crippen LogP contribution is -2.27. The van der Waals surface area contributed by atoms with Crippen molar-refractivity contribution in [1.29, 1.82) is 0 Å². The van der Waals surface area contributed by atoms with Gasteiger partial charge in [0.1, 0.15) is 5.75 Å². The minimum Gasteiger partial charge on any atom is -0.496 e. The predicted molar refractivity (Wildman–Crippen MR) is 108 cm³/mol. The molecular formula is C18H12Cl2N2O5S. The Morgan fingerprint density at radius 2 is 1.96 bits per heavy atom. The Hall–Kier alpha value is -2.55. The number of halogens is 2. The summed E-state index contributed by atoms with van der Waals surface area (Å²) in [6, 6.07) is 8.79. The molecule has 7 nitrogen and oxygen atoms in total. The van der Waals surface area contributed by atoms with Gasteiger partial charge in [0.2, 0.25) is 0 Å². The normalized spacial score (nSPS) is 15.4. The molecule has 0 unspecified atom stereocenters. The van der Waals surface area contributed by atoms with Crippen LogP contribution in [0, 0.1) is 10.1 Å². The number of non-ortho nitro benzene ring substituents is 1. The van der Waals surface area contributed by atoms with E-state index in [0.717, 1.165) is 16.7 Å². The van der Waals surface area contributed by atoms with E-state index in [-0.39, 0.29) is 17.1 Å². The molecule has 10 heteroatoms. The fraction of sp³-hybridized carbons (Fsp3) is 0.111. The van der Waals surface area contributed by atoms with Crippen LogP contribution in [0.3, 0.4) is 0 Å². The molecule has 0 aliphatic carbocycles. The predicted octanol–water partition coefficient (Wildman–Crippen LogP) is 5.15. The highest BCUT2D eigenvalue weighted by Gasteiger charge is 2.35. The summed E-state index contributed by atoms with van der Waals surface area (Å²) >= 11 is 12.7. The first-order chi connectivity index (χ1) is 13.3. The molecule has 1 aliphatic heterocycles. The number of hydrogen-bond donors (Lipinski definition) is 0. The van der Waals surface area contributed by atoms with Crippen LogP contribution >= 0.6 is 35.0 Å². The fourth-order valence-corrected chi connectivity index (χ4v) is 3.84. The standard InChI is InChI=1S/C18H12Cl2N2O5S/c1-27-15-5-4-13(22(25)26)6-11(15)7-16-17(23)21(18(24)28-16)9-10-2-3-12(19)8-14(10)20/h2-8H,9H2,1H3/b16-7+. The number of hydrogen-bond acceptors (Lipinski definition) is 6. The third kappa shape index (κ3) is 4.14. The molecule has 0 saturated carbocycles. The molecule has 144 valence electrons. The molecule has 0 atom stereocenters. The maximum atomic E-state index is 12.7. The maximum Gasteiger partial charge on any atom is 0.293 e. The summed E-state index contributed by atoms with van der Waals surface area (Å²) in [6.07, 6.45) is 1.40. The number of benzene rings is 2. The van der Waals surface area contributed by atoms with Crippen molar-refractivity contribution in [3.05, 3.63) is 72.6 Å². The molecule has 0 N–H and O–H groups in total. The molecule has 2 aromatic rings. The highest BCUT2D eigenvalue weighted by molar-refractivity contribution is 8.18. The molecule has 28 heavy (non-hydrogen) atoms. The van der Waals surface area contributed by atoms with Gasteiger partial charge in [0.15, 0.2) is 0 Å². The van der Waals surface area contributed by atoms with Gasteiger partial charge in [-0.2, -0.15) is 0 Å². The Kier molecular flexibility index (Phi) is 5.93. The van der Waals surface area contributed by atoms with Crippen molar-refractivity contribution < 1.29 is 19.2 Å². The summed E-state index contributed by atoms with van der Waals surface area (Å²) in [6.45, 7) is -0.00984. The van der Waals surface area contributed by atoms with E-state index in [9.17, 15) is 19.7 Å². The average Bonchev–Trinajstić information content (AvgIpc) is 2.91. The summed E-state index contributed by atoms with van der Waals surface area (Å²) < 4.78 is 5.19. The Labute approximate surface area is 174 Å².